The molecule has 0 atom stereocenters. The Bertz CT molecular complexity index is 668. The van der Waals surface area contributed by atoms with Gasteiger partial charge in [0.25, 0.3) is 0 Å². The zero-order valence-corrected chi connectivity index (χ0v) is 14.5. The highest BCUT2D eigenvalue weighted by Gasteiger charge is 2.28. The average Bonchev–Trinajstić information content (AvgIpc) is 2.58. The molecule has 1 aliphatic heterocycles. The van der Waals surface area contributed by atoms with E-state index in [2.05, 4.69) is 10.6 Å². The van der Waals surface area contributed by atoms with E-state index in [4.69, 9.17) is 0 Å². The maximum atomic E-state index is 12.1. The Morgan fingerprint density at radius 3 is 2.33 bits per heavy atom. The van der Waals surface area contributed by atoms with Crippen molar-refractivity contribution in [1.29, 1.82) is 0 Å². The summed E-state index contributed by atoms with van der Waals surface area (Å²) >= 11 is 0. The number of sulfonamides is 1. The van der Waals surface area contributed by atoms with Crippen LogP contribution in [0.1, 0.15) is 18.4 Å². The summed E-state index contributed by atoms with van der Waals surface area (Å²) in [5.74, 6) is -0.691. The van der Waals surface area contributed by atoms with Gasteiger partial charge in [0.1, 0.15) is 0 Å². The molecule has 0 aliphatic carbocycles. The van der Waals surface area contributed by atoms with Crippen molar-refractivity contribution in [2.24, 2.45) is 5.92 Å². The van der Waals surface area contributed by atoms with E-state index in [0.29, 0.717) is 32.5 Å². The van der Waals surface area contributed by atoms with Crippen LogP contribution in [0.4, 0.5) is 0 Å². The summed E-state index contributed by atoms with van der Waals surface area (Å²) in [5, 5.41) is 5.37. The average molecular weight is 353 g/mol. The van der Waals surface area contributed by atoms with Gasteiger partial charge in [0, 0.05) is 25.6 Å². The van der Waals surface area contributed by atoms with Crippen molar-refractivity contribution < 1.29 is 18.0 Å². The normalized spacial score (nSPS) is 16.5. The molecule has 2 N–H and O–H groups in total. The molecule has 1 aliphatic rings. The van der Waals surface area contributed by atoms with Crippen LogP contribution in [-0.2, 0) is 26.2 Å². The molecule has 1 fully saturated rings. The number of nitrogens with zero attached hydrogens (tertiary/aromatic N) is 1. The van der Waals surface area contributed by atoms with Gasteiger partial charge in [-0.25, -0.2) is 12.7 Å². The maximum Gasteiger partial charge on any atom is 0.239 e. The van der Waals surface area contributed by atoms with Gasteiger partial charge in [-0.3, -0.25) is 9.59 Å². The zero-order chi connectivity index (χ0) is 17.6. The van der Waals surface area contributed by atoms with Crippen LogP contribution in [0.25, 0.3) is 0 Å². The highest BCUT2D eigenvalue weighted by Crippen LogP contribution is 2.19. The van der Waals surface area contributed by atoms with E-state index in [0.717, 1.165) is 5.56 Å². The lowest BCUT2D eigenvalue weighted by Gasteiger charge is -2.29. The number of nitrogens with one attached hydrogen (secondary N) is 2. The number of rotatable bonds is 6. The molecule has 0 radical (unpaired) electrons. The molecule has 0 bridgehead atoms. The predicted molar refractivity (Wildman–Crippen MR) is 90.4 cm³/mol. The van der Waals surface area contributed by atoms with Crippen LogP contribution in [-0.4, -0.2) is 50.4 Å². The van der Waals surface area contributed by atoms with Crippen molar-refractivity contribution in [3.8, 4) is 0 Å². The fourth-order valence-corrected chi connectivity index (χ4v) is 3.49. The number of hydrogen-bond donors (Lipinski definition) is 2. The van der Waals surface area contributed by atoms with E-state index in [1.54, 1.807) is 0 Å². The first kappa shape index (κ1) is 18.4. The van der Waals surface area contributed by atoms with Crippen LogP contribution in [0.3, 0.4) is 0 Å². The zero-order valence-electron chi connectivity index (χ0n) is 13.7. The van der Waals surface area contributed by atoms with E-state index >= 15 is 0 Å². The lowest BCUT2D eigenvalue weighted by atomic mass is 9.97. The summed E-state index contributed by atoms with van der Waals surface area (Å²) in [7, 11) is -3.20. The molecule has 8 heteroatoms. The first-order valence-corrected chi connectivity index (χ1v) is 9.74. The molecule has 7 nitrogen and oxygen atoms in total. The molecule has 24 heavy (non-hydrogen) atoms. The van der Waals surface area contributed by atoms with Crippen LogP contribution in [0.15, 0.2) is 30.3 Å². The third-order valence-electron chi connectivity index (χ3n) is 4.05. The highest BCUT2D eigenvalue weighted by molar-refractivity contribution is 7.88. The molecule has 1 saturated heterocycles. The Kier molecular flexibility index (Phi) is 6.33. The molecule has 1 aromatic carbocycles. The van der Waals surface area contributed by atoms with E-state index in [9.17, 15) is 18.0 Å². The minimum absolute atomic E-state index is 0.0715. The second kappa shape index (κ2) is 8.25. The summed E-state index contributed by atoms with van der Waals surface area (Å²) in [4.78, 5) is 23.8. The minimum Gasteiger partial charge on any atom is -0.350 e. The van der Waals surface area contributed by atoms with E-state index in [1.807, 2.05) is 30.3 Å². The van der Waals surface area contributed by atoms with Crippen LogP contribution in [0.5, 0.6) is 0 Å². The van der Waals surface area contributed by atoms with Crippen LogP contribution >= 0.6 is 0 Å². The van der Waals surface area contributed by atoms with Crippen LogP contribution in [0.2, 0.25) is 0 Å². The second-order valence-corrected chi connectivity index (χ2v) is 7.90. The maximum absolute atomic E-state index is 12.1. The van der Waals surface area contributed by atoms with Crippen molar-refractivity contribution in [1.82, 2.24) is 14.9 Å². The number of carbonyl (C=O) groups excluding carboxylic acids is 2. The van der Waals surface area contributed by atoms with Crippen molar-refractivity contribution in [2.45, 2.75) is 19.4 Å². The number of carbonyl (C=O) groups is 2. The van der Waals surface area contributed by atoms with E-state index < -0.39 is 10.0 Å². The molecular weight excluding hydrogens is 330 g/mol. The van der Waals surface area contributed by atoms with Gasteiger partial charge in [-0.2, -0.15) is 0 Å². The molecule has 0 unspecified atom stereocenters. The van der Waals surface area contributed by atoms with Gasteiger partial charge < -0.3 is 10.6 Å². The Labute approximate surface area is 142 Å². The third kappa shape index (κ3) is 5.61. The Morgan fingerprint density at radius 1 is 1.12 bits per heavy atom. The fourth-order valence-electron chi connectivity index (χ4n) is 2.62. The monoisotopic (exact) mass is 353 g/mol. The van der Waals surface area contributed by atoms with Crippen molar-refractivity contribution >= 4 is 21.8 Å². The smallest absolute Gasteiger partial charge is 0.239 e. The molecule has 0 aromatic heterocycles. The summed E-state index contributed by atoms with van der Waals surface area (Å²) in [6, 6.07) is 9.52. The Hall–Kier alpha value is -1.93. The van der Waals surface area contributed by atoms with Crippen molar-refractivity contribution in [3.63, 3.8) is 0 Å². The quantitative estimate of drug-likeness (QED) is 0.758. The molecular formula is C16H23N3O4S. The lowest BCUT2D eigenvalue weighted by Crippen LogP contribution is -2.44. The SMILES string of the molecule is CS(=O)(=O)N1CCC(C(=O)NCC(=O)NCc2ccccc2)CC1. The van der Waals surface area contributed by atoms with Crippen LogP contribution in [0, 0.1) is 5.92 Å². The second-order valence-electron chi connectivity index (χ2n) is 5.92. The first-order valence-electron chi connectivity index (χ1n) is 7.89. The molecule has 0 saturated carbocycles. The van der Waals surface area contributed by atoms with Gasteiger partial charge in [-0.15, -0.1) is 0 Å². The van der Waals surface area contributed by atoms with Crippen molar-refractivity contribution in [3.05, 3.63) is 35.9 Å². The number of hydrogen-bond acceptors (Lipinski definition) is 4. The third-order valence-corrected chi connectivity index (χ3v) is 5.35. The molecule has 1 heterocycles. The summed E-state index contributed by atoms with van der Waals surface area (Å²) < 4.78 is 24.3. The molecule has 2 rings (SSSR count). The van der Waals surface area contributed by atoms with Gasteiger partial charge >= 0.3 is 0 Å². The number of amides is 2. The topological polar surface area (TPSA) is 95.6 Å². The molecule has 132 valence electrons. The van der Waals surface area contributed by atoms with Gasteiger partial charge in [0.15, 0.2) is 0 Å². The number of benzene rings is 1. The van der Waals surface area contributed by atoms with E-state index in [1.165, 1.54) is 10.6 Å². The summed E-state index contributed by atoms with van der Waals surface area (Å²) in [5.41, 5.74) is 0.991. The molecule has 1 aromatic rings. The summed E-state index contributed by atoms with van der Waals surface area (Å²) in [6.07, 6.45) is 2.12. The Balaban J connectivity index is 1.69. The minimum atomic E-state index is -3.20. The van der Waals surface area contributed by atoms with Crippen molar-refractivity contribution in [2.75, 3.05) is 25.9 Å². The number of piperidine rings is 1. The van der Waals surface area contributed by atoms with E-state index in [-0.39, 0.29) is 24.3 Å². The largest absolute Gasteiger partial charge is 0.350 e. The van der Waals surface area contributed by atoms with Gasteiger partial charge in [-0.05, 0) is 18.4 Å². The Morgan fingerprint density at radius 2 is 1.75 bits per heavy atom. The molecule has 2 amide bonds. The molecule has 0 spiro atoms. The first-order chi connectivity index (χ1) is 11.4. The van der Waals surface area contributed by atoms with Gasteiger partial charge in [-0.1, -0.05) is 30.3 Å². The summed E-state index contributed by atoms with van der Waals surface area (Å²) in [6.45, 7) is 1.04. The highest BCUT2D eigenvalue weighted by atomic mass is 32.2. The van der Waals surface area contributed by atoms with Gasteiger partial charge in [0.2, 0.25) is 21.8 Å². The van der Waals surface area contributed by atoms with Crippen LogP contribution < -0.4 is 10.6 Å². The predicted octanol–water partition coefficient (Wildman–Crippen LogP) is 0.0906. The fraction of sp³-hybridized carbons (Fsp3) is 0.500. The standard InChI is InChI=1S/C16H23N3O4S/c1-24(22,23)19-9-7-14(8-10-19)16(21)18-12-15(20)17-11-13-5-3-2-4-6-13/h2-6,14H,7-12H2,1H3,(H,17,20)(H,18,21). The lowest BCUT2D eigenvalue weighted by molar-refractivity contribution is -0.129. The van der Waals surface area contributed by atoms with Gasteiger partial charge in [0.05, 0.1) is 12.8 Å².